The molecular formula is H5CaCl3KLi. The molecule has 0 bridgehead atoms. The van der Waals surface area contributed by atoms with Gasteiger partial charge in [-0.05, 0) is 0 Å². The van der Waals surface area contributed by atoms with Gasteiger partial charge in [0.15, 0.2) is 0 Å². The zero-order chi connectivity index (χ0) is 2.00. The molecule has 0 aliphatic heterocycles. The molecule has 30 valence electrons. The summed E-state index contributed by atoms with van der Waals surface area (Å²) in [6.45, 7) is 0. The molecule has 0 atom stereocenters. The van der Waals surface area contributed by atoms with Gasteiger partial charge in [0.1, 0.15) is 0 Å². The molecule has 0 saturated heterocycles. The van der Waals surface area contributed by atoms with E-state index in [0.29, 0.717) is 0 Å². The van der Waals surface area contributed by atoms with Crippen molar-refractivity contribution in [3.8, 4) is 0 Å². The molecule has 6 heavy (non-hydrogen) atoms. The van der Waals surface area contributed by atoms with Crippen LogP contribution in [0.25, 0.3) is 0 Å². The molecule has 0 unspecified atom stereocenters. The van der Waals surface area contributed by atoms with Crippen molar-refractivity contribution < 1.29 is 0 Å². The van der Waals surface area contributed by atoms with E-state index in [9.17, 15) is 0 Å². The molecule has 0 N–H and O–H groups in total. The third-order valence-corrected chi connectivity index (χ3v) is 0. The van der Waals surface area contributed by atoms with Crippen LogP contribution in [0.4, 0.5) is 0 Å². The van der Waals surface area contributed by atoms with Gasteiger partial charge in [0, 0.05) is 0 Å². The topological polar surface area (TPSA) is 0 Å². The summed E-state index contributed by atoms with van der Waals surface area (Å²) in [5, 5.41) is 0. The first-order valence-corrected chi connectivity index (χ1v) is 1.13. The fourth-order valence-electron chi connectivity index (χ4n) is 0. The second kappa shape index (κ2) is 34.4. The zero-order valence-corrected chi connectivity index (χ0v) is 4.58. The molecule has 6 heteroatoms. The van der Waals surface area contributed by atoms with E-state index in [0.717, 1.165) is 0 Å². The molecule has 0 aliphatic carbocycles. The van der Waals surface area contributed by atoms with Gasteiger partial charge in [-0.25, -0.2) is 0 Å². The van der Waals surface area contributed by atoms with Crippen molar-refractivity contribution in [3.05, 3.63) is 0 Å². The molecule has 0 radical (unpaired) electrons. The molecule has 0 heterocycles. The van der Waals surface area contributed by atoms with Gasteiger partial charge in [-0.15, -0.1) is 24.8 Å². The van der Waals surface area contributed by atoms with E-state index in [2.05, 4.69) is 9.80 Å². The summed E-state index contributed by atoms with van der Waals surface area (Å²) in [4.78, 5) is 0. The molecule has 0 fully saturated rings. The Kier molecular flexibility index (Phi) is 181. The van der Waals surface area contributed by atoms with E-state index in [1.807, 2.05) is 0 Å². The average molecular weight is 198 g/mol. The molecule has 0 rings (SSSR count). The fourth-order valence-corrected chi connectivity index (χ4v) is 0. The minimum atomic E-state index is 0. The van der Waals surface area contributed by atoms with Gasteiger partial charge < -0.3 is 0 Å². The Morgan fingerprint density at radius 3 is 1.00 bits per heavy atom. The van der Waals surface area contributed by atoms with Gasteiger partial charge in [-0.3, -0.25) is 0 Å². The van der Waals surface area contributed by atoms with Gasteiger partial charge in [-0.2, -0.15) is 0 Å². The van der Waals surface area contributed by atoms with Gasteiger partial charge >= 0.3 is 116 Å². The first-order chi connectivity index (χ1) is 1.00. The molecule has 0 aromatic rings. The Labute approximate surface area is 136 Å². The van der Waals surface area contributed by atoms with Crippen molar-refractivity contribution in [2.24, 2.45) is 0 Å². The Morgan fingerprint density at radius 1 is 1.00 bits per heavy atom. The van der Waals surface area contributed by atoms with Crippen molar-refractivity contribution in [3.63, 3.8) is 0 Å². The zero-order valence-electron chi connectivity index (χ0n) is 2.19. The maximum absolute atomic E-state index is 4.64. The quantitative estimate of drug-likeness (QED) is 0.463. The third kappa shape index (κ3) is 23.8. The average Bonchev–Trinajstić information content (AvgIpc) is 1.00. The van der Waals surface area contributed by atoms with Crippen LogP contribution in [0.3, 0.4) is 0 Å². The van der Waals surface area contributed by atoms with Crippen LogP contribution in [0.15, 0.2) is 0 Å². The predicted octanol–water partition coefficient (Wildman–Crippen LogP) is -0.412. The monoisotopic (exact) mass is 196 g/mol. The van der Waals surface area contributed by atoms with E-state index < -0.39 is 0 Å². The summed E-state index contributed by atoms with van der Waals surface area (Å²) in [5.41, 5.74) is 0. The van der Waals surface area contributed by atoms with Crippen LogP contribution in [-0.2, 0) is 0 Å². The molecule has 0 amide bonds. The van der Waals surface area contributed by atoms with Crippen molar-refractivity contribution >= 4 is 140 Å². The Hall–Kier alpha value is 4.36. The summed E-state index contributed by atoms with van der Waals surface area (Å²) in [6.07, 6.45) is 0. The Balaban J connectivity index is -0.000000000833. The van der Waals surface area contributed by atoms with E-state index >= 15 is 0 Å². The van der Waals surface area contributed by atoms with Crippen molar-refractivity contribution in [2.45, 2.75) is 0 Å². The van der Waals surface area contributed by atoms with Gasteiger partial charge in [0.25, 0.3) is 0 Å². The van der Waals surface area contributed by atoms with E-state index in [1.54, 1.807) is 0 Å². The van der Waals surface area contributed by atoms with Crippen LogP contribution in [0.2, 0.25) is 0 Å². The second-order valence-electron chi connectivity index (χ2n) is 0. The third-order valence-electron chi connectivity index (χ3n) is 0. The maximum atomic E-state index is 4.64. The van der Waals surface area contributed by atoms with Crippen LogP contribution in [0.5, 0.6) is 0 Å². The SMILES string of the molecule is Cl.Cl.[CaH2].[KH].[Li][Cl]. The molecule has 0 nitrogen and oxygen atoms in total. The molecule has 0 aromatic carbocycles. The van der Waals surface area contributed by atoms with Crippen LogP contribution < -0.4 is 0 Å². The van der Waals surface area contributed by atoms with Crippen LogP contribution in [-0.4, -0.2) is 106 Å². The van der Waals surface area contributed by atoms with Crippen molar-refractivity contribution in [1.82, 2.24) is 0 Å². The molecule has 0 saturated carbocycles. The van der Waals surface area contributed by atoms with E-state index in [4.69, 9.17) is 0 Å². The second-order valence-corrected chi connectivity index (χ2v) is 0. The van der Waals surface area contributed by atoms with Gasteiger partial charge in [-0.1, -0.05) is 0 Å². The van der Waals surface area contributed by atoms with Crippen molar-refractivity contribution in [1.29, 1.82) is 0 Å². The molecule has 0 spiro atoms. The Bertz CT molecular complexity index is 10.8. The van der Waals surface area contributed by atoms with Crippen LogP contribution in [0.1, 0.15) is 0 Å². The number of rotatable bonds is 0. The summed E-state index contributed by atoms with van der Waals surface area (Å²) >= 11 is 1.47. The fraction of sp³-hybridized carbons (Fsp3) is 0. The standard InChI is InChI=1S/Ca.3ClH.K.Li.3H/h;3*1H;;;;;/q;;;;;+1;;;/p-1. The first-order valence-electron chi connectivity index (χ1n) is 0.378. The predicted molar refractivity (Wildman–Crippen MR) is 41.8 cm³/mol. The number of halogens is 3. The summed E-state index contributed by atoms with van der Waals surface area (Å²) in [7, 11) is 4.64. The first kappa shape index (κ1) is 31.6. The van der Waals surface area contributed by atoms with Gasteiger partial charge in [0.2, 0.25) is 0 Å². The molecule has 0 aliphatic rings. The molecule has 0 aromatic heterocycles. The summed E-state index contributed by atoms with van der Waals surface area (Å²) < 4.78 is 0. The van der Waals surface area contributed by atoms with Crippen molar-refractivity contribution in [2.75, 3.05) is 0 Å². The number of hydrogen-bond donors (Lipinski definition) is 0. The minimum absolute atomic E-state index is 0. The van der Waals surface area contributed by atoms with Crippen LogP contribution >= 0.6 is 34.6 Å². The normalized spacial score (nSPS) is 1.17. The van der Waals surface area contributed by atoms with Crippen LogP contribution in [0, 0.1) is 0 Å². The molecular weight excluding hydrogens is 192 g/mol. The van der Waals surface area contributed by atoms with E-state index in [1.165, 1.54) is 16.7 Å². The van der Waals surface area contributed by atoms with Gasteiger partial charge in [0.05, 0.1) is 0 Å². The summed E-state index contributed by atoms with van der Waals surface area (Å²) in [5.74, 6) is 0. The van der Waals surface area contributed by atoms with E-state index in [-0.39, 0.29) is 114 Å². The number of hydrogen-bond acceptors (Lipinski definition) is 0. The Morgan fingerprint density at radius 2 is 1.00 bits per heavy atom. The summed E-state index contributed by atoms with van der Waals surface area (Å²) in [6, 6.07) is 0.